The lowest BCUT2D eigenvalue weighted by atomic mass is 10.0. The van der Waals surface area contributed by atoms with Crippen LogP contribution in [-0.2, 0) is 25.7 Å². The Morgan fingerprint density at radius 3 is 2.83 bits per heavy atom. The van der Waals surface area contributed by atoms with Gasteiger partial charge in [0.05, 0.1) is 23.4 Å². The van der Waals surface area contributed by atoms with Crippen LogP contribution in [0, 0.1) is 0 Å². The van der Waals surface area contributed by atoms with E-state index in [4.69, 9.17) is 28.9 Å². The Hall–Kier alpha value is -2.81. The molecule has 0 bridgehead atoms. The molecule has 2 aliphatic heterocycles. The van der Waals surface area contributed by atoms with Gasteiger partial charge in [0.25, 0.3) is 5.91 Å². The van der Waals surface area contributed by atoms with Crippen LogP contribution in [0.5, 0.6) is 0 Å². The van der Waals surface area contributed by atoms with Crippen molar-refractivity contribution in [3.63, 3.8) is 0 Å². The van der Waals surface area contributed by atoms with E-state index in [1.54, 1.807) is 47.3 Å². The summed E-state index contributed by atoms with van der Waals surface area (Å²) < 4.78 is 1.70. The highest BCUT2D eigenvalue weighted by Gasteiger charge is 2.54. The number of nitrogens with two attached hydrogens (primary N) is 1. The Labute approximate surface area is 248 Å². The highest BCUT2D eigenvalue weighted by Crippen LogP contribution is 2.40. The van der Waals surface area contributed by atoms with Crippen LogP contribution >= 0.6 is 46.7 Å². The van der Waals surface area contributed by atoms with E-state index in [0.717, 1.165) is 0 Å². The summed E-state index contributed by atoms with van der Waals surface area (Å²) in [4.78, 5) is 52.5. The number of amides is 3. The second kappa shape index (κ2) is 13.2. The van der Waals surface area contributed by atoms with Crippen LogP contribution in [0.15, 0.2) is 58.9 Å². The zero-order valence-corrected chi connectivity index (χ0v) is 24.1. The highest BCUT2D eigenvalue weighted by molar-refractivity contribution is 8.00. The largest absolute Gasteiger partial charge is 0.477 e. The van der Waals surface area contributed by atoms with Crippen molar-refractivity contribution in [1.29, 1.82) is 0 Å². The van der Waals surface area contributed by atoms with Gasteiger partial charge in [-0.05, 0) is 24.3 Å². The number of nitrogens with zero attached hydrogens (tertiary/aromatic N) is 3. The standard InChI is InChI=1S/C25H25Cl2N5O6S2/c26-15-3-4-18(27)19(6-15)39-12-20(35)29-21-23(36)32-22(25(37)38)14(11-40-24(21)32)8-30-5-1-2-16(9-30)31(13-33)10-17(34)7-28/h1-6,9,13,17,21,24,34H,7-8,10-12,28H2,(H-,29,35,37,38)/p+1/t17?,21-,24+/m0/s1. The van der Waals surface area contributed by atoms with Crippen LogP contribution < -0.4 is 20.5 Å². The van der Waals surface area contributed by atoms with E-state index in [-0.39, 0.29) is 31.1 Å². The minimum atomic E-state index is -1.25. The molecule has 5 N–H and O–H groups in total. The predicted octanol–water partition coefficient (Wildman–Crippen LogP) is 1.09. The van der Waals surface area contributed by atoms with Crippen molar-refractivity contribution in [2.75, 3.05) is 29.5 Å². The lowest BCUT2D eigenvalue weighted by Crippen LogP contribution is -2.71. The Bertz CT molecular complexity index is 1360. The van der Waals surface area contributed by atoms with Gasteiger partial charge in [-0.1, -0.05) is 23.2 Å². The first-order chi connectivity index (χ1) is 19.1. The number of fused-ring (bicyclic) bond motifs is 1. The fraction of sp³-hybridized carbons (Fsp3) is 0.320. The third-order valence-electron chi connectivity index (χ3n) is 6.17. The van der Waals surface area contributed by atoms with Crippen LogP contribution in [0.1, 0.15) is 0 Å². The molecule has 2 aromatic rings. The number of aliphatic carboxylic acids is 1. The smallest absolute Gasteiger partial charge is 0.352 e. The number of nitrogens with one attached hydrogen (secondary N) is 1. The average molecular weight is 628 g/mol. The van der Waals surface area contributed by atoms with E-state index in [0.29, 0.717) is 38.4 Å². The number of β-lactam (4-membered cyclic amide) rings is 1. The maximum atomic E-state index is 13.0. The van der Waals surface area contributed by atoms with Gasteiger partial charge in [-0.2, -0.15) is 4.57 Å². The van der Waals surface area contributed by atoms with Crippen molar-refractivity contribution in [2.24, 2.45) is 5.73 Å². The number of aliphatic hydroxyl groups excluding tert-OH is 1. The number of carbonyl (C=O) groups is 4. The van der Waals surface area contributed by atoms with Crippen LogP contribution in [0.25, 0.3) is 0 Å². The Morgan fingerprint density at radius 1 is 1.35 bits per heavy atom. The molecule has 1 aromatic heterocycles. The van der Waals surface area contributed by atoms with E-state index in [2.05, 4.69) is 5.32 Å². The first kappa shape index (κ1) is 30.2. The number of anilines is 1. The van der Waals surface area contributed by atoms with E-state index in [1.807, 2.05) is 0 Å². The molecule has 3 amide bonds. The van der Waals surface area contributed by atoms with Crippen molar-refractivity contribution >= 4 is 76.6 Å². The number of carboxylic acid groups (broad SMARTS) is 1. The summed E-state index contributed by atoms with van der Waals surface area (Å²) in [5.74, 6) is -1.83. The van der Waals surface area contributed by atoms with E-state index >= 15 is 0 Å². The van der Waals surface area contributed by atoms with Gasteiger partial charge in [0, 0.05) is 33.9 Å². The average Bonchev–Trinajstić information content (AvgIpc) is 2.94. The van der Waals surface area contributed by atoms with Crippen molar-refractivity contribution in [1.82, 2.24) is 10.2 Å². The zero-order valence-electron chi connectivity index (χ0n) is 20.9. The molecule has 0 radical (unpaired) electrons. The third kappa shape index (κ3) is 6.73. The number of benzene rings is 1. The van der Waals surface area contributed by atoms with Crippen molar-refractivity contribution in [3.8, 4) is 0 Å². The number of hydrogen-bond acceptors (Lipinski definition) is 8. The number of halogens is 2. The number of thioether (sulfide) groups is 2. The fourth-order valence-electron chi connectivity index (χ4n) is 4.26. The van der Waals surface area contributed by atoms with Gasteiger partial charge in [0.2, 0.25) is 12.3 Å². The lowest BCUT2D eigenvalue weighted by molar-refractivity contribution is -0.688. The van der Waals surface area contributed by atoms with Crippen molar-refractivity contribution in [3.05, 3.63) is 64.0 Å². The first-order valence-corrected chi connectivity index (χ1v) is 14.8. The van der Waals surface area contributed by atoms with Gasteiger partial charge < -0.3 is 26.2 Å². The molecule has 15 heteroatoms. The number of aliphatic hydroxyl groups is 1. The normalized spacial score (nSPS) is 19.0. The second-order valence-electron chi connectivity index (χ2n) is 8.96. The lowest BCUT2D eigenvalue weighted by Gasteiger charge is -2.49. The molecule has 11 nitrogen and oxygen atoms in total. The third-order valence-corrected chi connectivity index (χ3v) is 9.24. The van der Waals surface area contributed by atoms with E-state index in [1.165, 1.54) is 33.3 Å². The molecule has 0 aliphatic carbocycles. The number of carboxylic acids is 1. The topological polar surface area (TPSA) is 157 Å². The molecule has 3 heterocycles. The van der Waals surface area contributed by atoms with Crippen LogP contribution in [-0.4, -0.2) is 81.4 Å². The second-order valence-corrected chi connectivity index (χ2v) is 11.9. The maximum Gasteiger partial charge on any atom is 0.352 e. The number of aromatic nitrogens is 1. The molecule has 40 heavy (non-hydrogen) atoms. The van der Waals surface area contributed by atoms with Crippen LogP contribution in [0.2, 0.25) is 10.0 Å². The highest BCUT2D eigenvalue weighted by atomic mass is 35.5. The van der Waals surface area contributed by atoms with Gasteiger partial charge in [-0.3, -0.25) is 19.3 Å². The Balaban J connectivity index is 1.44. The summed E-state index contributed by atoms with van der Waals surface area (Å²) >= 11 is 14.7. The van der Waals surface area contributed by atoms with Crippen molar-refractivity contribution in [2.45, 2.75) is 29.0 Å². The minimum Gasteiger partial charge on any atom is -0.477 e. The quantitative estimate of drug-likeness (QED) is 0.117. The monoisotopic (exact) mass is 626 g/mol. The zero-order chi connectivity index (χ0) is 29.0. The Kier molecular flexibility index (Phi) is 9.98. The van der Waals surface area contributed by atoms with Gasteiger partial charge in [0.1, 0.15) is 22.8 Å². The molecule has 4 rings (SSSR count). The SMILES string of the molecule is NCC(O)CN(C=O)c1ccc[n+](CC2=C(C(=O)O)N3C(=O)[C@H](NC(=O)CSc4cc(Cl)ccc4Cl)[C@H]3SC2)c1. The number of pyridine rings is 1. The number of hydrogen-bond donors (Lipinski definition) is 4. The summed E-state index contributed by atoms with van der Waals surface area (Å²) in [6.45, 7) is 0.147. The van der Waals surface area contributed by atoms with Gasteiger partial charge >= 0.3 is 5.97 Å². The number of rotatable bonds is 12. The molecule has 0 saturated carbocycles. The molecule has 212 valence electrons. The van der Waals surface area contributed by atoms with E-state index in [9.17, 15) is 29.4 Å². The summed E-state index contributed by atoms with van der Waals surface area (Å²) in [5.41, 5.74) is 6.32. The maximum absolute atomic E-state index is 13.0. The minimum absolute atomic E-state index is 0.00119. The summed E-state index contributed by atoms with van der Waals surface area (Å²) in [6.07, 6.45) is 3.04. The summed E-state index contributed by atoms with van der Waals surface area (Å²) in [6, 6.07) is 7.43. The summed E-state index contributed by atoms with van der Waals surface area (Å²) in [5, 5.41) is 22.9. The molecular weight excluding hydrogens is 601 g/mol. The summed E-state index contributed by atoms with van der Waals surface area (Å²) in [7, 11) is 0. The van der Waals surface area contributed by atoms with Gasteiger partial charge in [0.15, 0.2) is 18.9 Å². The fourth-order valence-corrected chi connectivity index (χ4v) is 6.90. The van der Waals surface area contributed by atoms with Gasteiger partial charge in [-0.15, -0.1) is 23.5 Å². The van der Waals surface area contributed by atoms with Crippen LogP contribution in [0.3, 0.4) is 0 Å². The molecule has 1 unspecified atom stereocenters. The molecule has 2 aliphatic rings. The first-order valence-electron chi connectivity index (χ1n) is 12.0. The molecule has 1 saturated heterocycles. The van der Waals surface area contributed by atoms with Crippen molar-refractivity contribution < 1.29 is 34.0 Å². The molecule has 0 spiro atoms. The molecule has 1 fully saturated rings. The predicted molar refractivity (Wildman–Crippen MR) is 152 cm³/mol. The molecule has 1 aromatic carbocycles. The molecular formula is C25H26Cl2N5O6S2+. The van der Waals surface area contributed by atoms with Gasteiger partial charge in [-0.25, -0.2) is 4.79 Å². The van der Waals surface area contributed by atoms with E-state index < -0.39 is 35.3 Å². The Morgan fingerprint density at radius 2 is 2.12 bits per heavy atom. The molecule has 3 atom stereocenters. The number of carbonyl (C=O) groups excluding carboxylic acids is 3. The van der Waals surface area contributed by atoms with Crippen LogP contribution in [0.4, 0.5) is 5.69 Å².